The van der Waals surface area contributed by atoms with Gasteiger partial charge in [-0.2, -0.15) is 0 Å². The van der Waals surface area contributed by atoms with Crippen LogP contribution in [0.25, 0.3) is 0 Å². The van der Waals surface area contributed by atoms with Crippen LogP contribution < -0.4 is 10.6 Å². The maximum Gasteiger partial charge on any atom is 0.325 e. The van der Waals surface area contributed by atoms with Gasteiger partial charge in [0.15, 0.2) is 0 Å². The van der Waals surface area contributed by atoms with Crippen LogP contribution in [0.2, 0.25) is 0 Å². The van der Waals surface area contributed by atoms with Crippen LogP contribution in [0.4, 0.5) is 4.79 Å². The molecule has 21 heavy (non-hydrogen) atoms. The van der Waals surface area contributed by atoms with Crippen LogP contribution in [0, 0.1) is 0 Å². The molecule has 2 amide bonds. The smallest absolute Gasteiger partial charge is 0.325 e. The van der Waals surface area contributed by atoms with E-state index in [2.05, 4.69) is 39.7 Å². The van der Waals surface area contributed by atoms with E-state index in [-0.39, 0.29) is 19.1 Å². The standard InChI is InChI=1S/C12H22N6O3/c1-9(2)17(3)5-4-13-12(21)14-6-10-7-18(16-15-10)8-11(19)20/h7,9H,4-6,8H2,1-3H3,(H,19,20)(H2,13,14,21). The number of carboxylic acid groups (broad SMARTS) is 1. The van der Waals surface area contributed by atoms with Crippen molar-refractivity contribution in [3.63, 3.8) is 0 Å². The fourth-order valence-electron chi connectivity index (χ4n) is 1.47. The molecule has 0 aliphatic rings. The summed E-state index contributed by atoms with van der Waals surface area (Å²) in [5.41, 5.74) is 0.505. The first-order chi connectivity index (χ1) is 9.88. The summed E-state index contributed by atoms with van der Waals surface area (Å²) in [6.07, 6.45) is 1.49. The van der Waals surface area contributed by atoms with E-state index in [4.69, 9.17) is 5.11 Å². The fraction of sp³-hybridized carbons (Fsp3) is 0.667. The maximum atomic E-state index is 11.6. The van der Waals surface area contributed by atoms with Gasteiger partial charge in [0.05, 0.1) is 12.7 Å². The molecule has 0 aromatic carbocycles. The zero-order valence-electron chi connectivity index (χ0n) is 12.5. The van der Waals surface area contributed by atoms with Crippen LogP contribution in [-0.4, -0.2) is 63.2 Å². The molecule has 3 N–H and O–H groups in total. The van der Waals surface area contributed by atoms with Gasteiger partial charge >= 0.3 is 12.0 Å². The SMILES string of the molecule is CC(C)N(C)CCNC(=O)NCc1cn(CC(=O)O)nn1. The summed E-state index contributed by atoms with van der Waals surface area (Å²) < 4.78 is 1.20. The summed E-state index contributed by atoms with van der Waals surface area (Å²) in [7, 11) is 1.99. The predicted octanol–water partition coefficient (Wildman–Crippen LogP) is -0.498. The average molecular weight is 298 g/mol. The number of likely N-dealkylation sites (N-methyl/N-ethyl adjacent to an activating group) is 1. The number of nitrogens with zero attached hydrogens (tertiary/aromatic N) is 4. The molecule has 0 aliphatic carbocycles. The lowest BCUT2D eigenvalue weighted by Crippen LogP contribution is -2.40. The molecular formula is C12H22N6O3. The number of aromatic nitrogens is 3. The largest absolute Gasteiger partial charge is 0.480 e. The van der Waals surface area contributed by atoms with E-state index in [0.29, 0.717) is 18.3 Å². The van der Waals surface area contributed by atoms with Crippen molar-refractivity contribution in [2.75, 3.05) is 20.1 Å². The van der Waals surface area contributed by atoms with Crippen molar-refractivity contribution in [3.8, 4) is 0 Å². The maximum absolute atomic E-state index is 11.6. The molecule has 0 radical (unpaired) electrons. The molecule has 0 saturated heterocycles. The van der Waals surface area contributed by atoms with Gasteiger partial charge in [-0.05, 0) is 20.9 Å². The highest BCUT2D eigenvalue weighted by atomic mass is 16.4. The number of carbonyl (C=O) groups excluding carboxylic acids is 1. The van der Waals surface area contributed by atoms with Crippen molar-refractivity contribution >= 4 is 12.0 Å². The Morgan fingerprint density at radius 2 is 2.14 bits per heavy atom. The number of amides is 2. The molecule has 118 valence electrons. The summed E-state index contributed by atoms with van der Waals surface area (Å²) in [5, 5.41) is 21.4. The quantitative estimate of drug-likeness (QED) is 0.596. The van der Waals surface area contributed by atoms with E-state index in [9.17, 15) is 9.59 Å². The first-order valence-electron chi connectivity index (χ1n) is 6.71. The molecular weight excluding hydrogens is 276 g/mol. The highest BCUT2D eigenvalue weighted by Crippen LogP contribution is 1.93. The van der Waals surface area contributed by atoms with Gasteiger partial charge in [-0.1, -0.05) is 5.21 Å². The number of hydrogen-bond acceptors (Lipinski definition) is 5. The molecule has 0 saturated carbocycles. The number of aliphatic carboxylic acids is 1. The first-order valence-corrected chi connectivity index (χ1v) is 6.71. The molecule has 1 aromatic heterocycles. The minimum Gasteiger partial charge on any atom is -0.480 e. The van der Waals surface area contributed by atoms with Crippen molar-refractivity contribution in [3.05, 3.63) is 11.9 Å². The molecule has 0 aliphatic heterocycles. The number of rotatable bonds is 8. The van der Waals surface area contributed by atoms with Crippen molar-refractivity contribution < 1.29 is 14.7 Å². The average Bonchev–Trinajstić information content (AvgIpc) is 2.82. The second-order valence-electron chi connectivity index (χ2n) is 4.99. The van der Waals surface area contributed by atoms with Crippen molar-refractivity contribution in [2.45, 2.75) is 33.0 Å². The van der Waals surface area contributed by atoms with Crippen LogP contribution in [0.1, 0.15) is 19.5 Å². The molecule has 0 atom stereocenters. The molecule has 1 aromatic rings. The minimum atomic E-state index is -0.994. The van der Waals surface area contributed by atoms with Crippen LogP contribution >= 0.6 is 0 Å². The Balaban J connectivity index is 2.23. The molecule has 9 nitrogen and oxygen atoms in total. The Morgan fingerprint density at radius 1 is 1.43 bits per heavy atom. The van der Waals surface area contributed by atoms with Crippen molar-refractivity contribution in [2.24, 2.45) is 0 Å². The summed E-state index contributed by atoms with van der Waals surface area (Å²) in [6.45, 7) is 5.43. The molecule has 1 rings (SSSR count). The van der Waals surface area contributed by atoms with Crippen molar-refractivity contribution in [1.29, 1.82) is 0 Å². The van der Waals surface area contributed by atoms with Gasteiger partial charge in [0, 0.05) is 19.1 Å². The summed E-state index contributed by atoms with van der Waals surface area (Å²) in [5.74, 6) is -0.994. The summed E-state index contributed by atoms with van der Waals surface area (Å²) >= 11 is 0. The lowest BCUT2D eigenvalue weighted by atomic mass is 10.3. The van der Waals surface area contributed by atoms with Crippen molar-refractivity contribution in [1.82, 2.24) is 30.5 Å². The minimum absolute atomic E-state index is 0.200. The Hall–Kier alpha value is -2.16. The van der Waals surface area contributed by atoms with Gasteiger partial charge in [-0.15, -0.1) is 5.10 Å². The third-order valence-electron chi connectivity index (χ3n) is 2.95. The van der Waals surface area contributed by atoms with E-state index in [0.717, 1.165) is 6.54 Å². The molecule has 1 heterocycles. The number of carbonyl (C=O) groups is 2. The van der Waals surface area contributed by atoms with Crippen LogP contribution in [0.15, 0.2) is 6.20 Å². The molecule has 0 fully saturated rings. The Morgan fingerprint density at radius 3 is 2.76 bits per heavy atom. The summed E-state index contributed by atoms with van der Waals surface area (Å²) in [6, 6.07) is 0.138. The third kappa shape index (κ3) is 6.70. The van der Waals surface area contributed by atoms with Gasteiger partial charge in [0.2, 0.25) is 0 Å². The number of urea groups is 1. The first kappa shape index (κ1) is 16.9. The van der Waals surface area contributed by atoms with Gasteiger partial charge in [0.1, 0.15) is 12.2 Å². The van der Waals surface area contributed by atoms with Gasteiger partial charge in [-0.3, -0.25) is 4.79 Å². The van der Waals surface area contributed by atoms with Gasteiger partial charge < -0.3 is 20.6 Å². The highest BCUT2D eigenvalue weighted by Gasteiger charge is 2.07. The highest BCUT2D eigenvalue weighted by molar-refractivity contribution is 5.73. The normalized spacial score (nSPS) is 10.9. The second-order valence-corrected chi connectivity index (χ2v) is 4.99. The van der Waals surface area contributed by atoms with Crippen LogP contribution in [0.5, 0.6) is 0 Å². The topological polar surface area (TPSA) is 112 Å². The number of carboxylic acids is 1. The Labute approximate surface area is 123 Å². The Kier molecular flexibility index (Phi) is 6.60. The Bertz CT molecular complexity index is 473. The van der Waals surface area contributed by atoms with E-state index in [1.165, 1.54) is 10.9 Å². The van der Waals surface area contributed by atoms with Gasteiger partial charge in [-0.25, -0.2) is 9.48 Å². The zero-order valence-corrected chi connectivity index (χ0v) is 12.5. The monoisotopic (exact) mass is 298 g/mol. The molecule has 9 heteroatoms. The molecule has 0 unspecified atom stereocenters. The number of hydrogen-bond donors (Lipinski definition) is 3. The molecule has 0 spiro atoms. The lowest BCUT2D eigenvalue weighted by molar-refractivity contribution is -0.137. The second kappa shape index (κ2) is 8.20. The van der Waals surface area contributed by atoms with E-state index >= 15 is 0 Å². The third-order valence-corrected chi connectivity index (χ3v) is 2.95. The number of nitrogens with one attached hydrogen (secondary N) is 2. The fourth-order valence-corrected chi connectivity index (χ4v) is 1.47. The van der Waals surface area contributed by atoms with E-state index < -0.39 is 5.97 Å². The van der Waals surface area contributed by atoms with Gasteiger partial charge in [0.25, 0.3) is 0 Å². The summed E-state index contributed by atoms with van der Waals surface area (Å²) in [4.78, 5) is 24.2. The predicted molar refractivity (Wildman–Crippen MR) is 75.7 cm³/mol. The van der Waals surface area contributed by atoms with E-state index in [1.54, 1.807) is 0 Å². The van der Waals surface area contributed by atoms with E-state index in [1.807, 2.05) is 7.05 Å². The molecule has 0 bridgehead atoms. The zero-order chi connectivity index (χ0) is 15.8. The van der Waals surface area contributed by atoms with Crippen LogP contribution in [-0.2, 0) is 17.9 Å². The lowest BCUT2D eigenvalue weighted by Gasteiger charge is -2.20. The van der Waals surface area contributed by atoms with Crippen LogP contribution in [0.3, 0.4) is 0 Å².